The van der Waals surface area contributed by atoms with E-state index in [1.165, 1.54) is 33.9 Å². The monoisotopic (exact) mass is 335 g/mol. The number of thioether (sulfide) groups is 1. The number of carbonyl (C=O) groups excluding carboxylic acids is 1. The van der Waals surface area contributed by atoms with E-state index in [0.717, 1.165) is 0 Å². The minimum Gasteiger partial charge on any atom is -0.449 e. The van der Waals surface area contributed by atoms with E-state index in [4.69, 9.17) is 9.84 Å². The molecule has 1 fully saturated rings. The average Bonchev–Trinajstić information content (AvgIpc) is 3.09. The first-order chi connectivity index (χ1) is 11.1. The quantitative estimate of drug-likeness (QED) is 0.591. The Morgan fingerprint density at radius 2 is 2.22 bits per heavy atom. The first kappa shape index (κ1) is 14.0. The zero-order valence-electron chi connectivity index (χ0n) is 11.4. The molecule has 0 spiro atoms. The number of aliphatic hydroxyl groups is 1. The fourth-order valence-corrected chi connectivity index (χ4v) is 3.87. The van der Waals surface area contributed by atoms with Crippen molar-refractivity contribution in [1.29, 1.82) is 0 Å². The zero-order valence-corrected chi connectivity index (χ0v) is 12.2. The standard InChI is InChI=1S/C12H9N5O5S/c18-2-5-8(19)17-9(22-12(20)21)11(23-10(5)17)16-1-6-7(15-4-16)14-3-13-6/h1,3-5,10,18H,2H2,(H,20,21)/t5-,10+/m0/s1. The number of carboxylic acid groups (broad SMARTS) is 1. The maximum absolute atomic E-state index is 12.0. The van der Waals surface area contributed by atoms with Crippen molar-refractivity contribution in [3.05, 3.63) is 24.7 Å². The molecule has 0 radical (unpaired) electrons. The first-order valence-corrected chi connectivity index (χ1v) is 7.39. The summed E-state index contributed by atoms with van der Waals surface area (Å²) >= 11 is 1.22. The van der Waals surface area contributed by atoms with Gasteiger partial charge in [-0.2, -0.15) is 0 Å². The van der Waals surface area contributed by atoms with Crippen molar-refractivity contribution < 1.29 is 24.5 Å². The zero-order chi connectivity index (χ0) is 16.1. The Labute approximate surface area is 132 Å². The van der Waals surface area contributed by atoms with Gasteiger partial charge in [0.25, 0.3) is 0 Å². The first-order valence-electron chi connectivity index (χ1n) is 6.51. The van der Waals surface area contributed by atoms with Crippen LogP contribution < -0.4 is 0 Å². The van der Waals surface area contributed by atoms with Crippen molar-refractivity contribution in [3.63, 3.8) is 0 Å². The van der Waals surface area contributed by atoms with Gasteiger partial charge in [-0.05, 0) is 0 Å². The molecular weight excluding hydrogens is 326 g/mol. The largest absolute Gasteiger partial charge is 0.512 e. The maximum atomic E-state index is 12.0. The normalized spacial score (nSPS) is 23.2. The Balaban J connectivity index is 1.78. The molecule has 0 unspecified atom stereocenters. The summed E-state index contributed by atoms with van der Waals surface area (Å²) in [5.74, 6) is -0.592. The van der Waals surface area contributed by atoms with Crippen LogP contribution in [0.4, 0.5) is 4.79 Å². The van der Waals surface area contributed by atoms with Gasteiger partial charge >= 0.3 is 6.16 Å². The molecule has 1 saturated heterocycles. The van der Waals surface area contributed by atoms with Crippen LogP contribution in [-0.4, -0.2) is 58.7 Å². The van der Waals surface area contributed by atoms with Crippen molar-refractivity contribution in [2.24, 2.45) is 5.92 Å². The van der Waals surface area contributed by atoms with Crippen molar-refractivity contribution in [3.8, 4) is 11.5 Å². The Morgan fingerprint density at radius 1 is 1.39 bits per heavy atom. The lowest BCUT2D eigenvalue weighted by Gasteiger charge is -2.40. The van der Waals surface area contributed by atoms with E-state index in [-0.39, 0.29) is 18.4 Å². The second-order valence-corrected chi connectivity index (χ2v) is 5.95. The predicted molar refractivity (Wildman–Crippen MR) is 75.6 cm³/mol. The van der Waals surface area contributed by atoms with Crippen molar-refractivity contribution >= 4 is 28.9 Å². The van der Waals surface area contributed by atoms with Crippen LogP contribution in [0.2, 0.25) is 0 Å². The van der Waals surface area contributed by atoms with Crippen molar-refractivity contribution in [1.82, 2.24) is 24.4 Å². The molecule has 4 heterocycles. The van der Waals surface area contributed by atoms with E-state index in [1.807, 2.05) is 0 Å². The number of imidazole rings is 1. The minimum atomic E-state index is -1.53. The molecule has 0 aromatic rings. The third kappa shape index (κ3) is 1.97. The molecule has 2 atom stereocenters. The fourth-order valence-electron chi connectivity index (χ4n) is 2.51. The number of fused-ring (bicyclic) bond motifs is 2. The Bertz CT molecular complexity index is 820. The summed E-state index contributed by atoms with van der Waals surface area (Å²) in [6.07, 6.45) is 2.90. The van der Waals surface area contributed by atoms with E-state index in [1.54, 1.807) is 6.20 Å². The molecule has 23 heavy (non-hydrogen) atoms. The maximum Gasteiger partial charge on any atom is 0.512 e. The molecule has 118 valence electrons. The summed E-state index contributed by atoms with van der Waals surface area (Å²) in [5.41, 5.74) is 0.523. The smallest absolute Gasteiger partial charge is 0.449 e. The number of amides is 1. The van der Waals surface area contributed by atoms with E-state index in [2.05, 4.69) is 15.0 Å². The molecule has 10 nitrogen and oxygen atoms in total. The molecule has 0 aromatic heterocycles. The SMILES string of the molecule is O=C(O)OC1=C(n2cnc3ncnc-3c2)S[C@@H]2[C@@H](CO)C(=O)N12. The highest BCUT2D eigenvalue weighted by molar-refractivity contribution is 8.08. The number of carbonyl (C=O) groups is 2. The van der Waals surface area contributed by atoms with Gasteiger partial charge < -0.3 is 14.9 Å². The summed E-state index contributed by atoms with van der Waals surface area (Å²) in [4.78, 5) is 36.3. The highest BCUT2D eigenvalue weighted by Crippen LogP contribution is 2.51. The number of rotatable bonds is 3. The van der Waals surface area contributed by atoms with Gasteiger partial charge in [-0.1, -0.05) is 11.8 Å². The highest BCUT2D eigenvalue weighted by Gasteiger charge is 2.56. The summed E-state index contributed by atoms with van der Waals surface area (Å²) in [6.45, 7) is -0.309. The molecule has 0 aromatic carbocycles. The van der Waals surface area contributed by atoms with Crippen LogP contribution in [-0.2, 0) is 9.53 Å². The van der Waals surface area contributed by atoms with Crippen LogP contribution in [0.15, 0.2) is 24.7 Å². The van der Waals surface area contributed by atoms with Gasteiger partial charge in [0.15, 0.2) is 5.82 Å². The van der Waals surface area contributed by atoms with Crippen LogP contribution in [0.25, 0.3) is 16.5 Å². The summed E-state index contributed by atoms with van der Waals surface area (Å²) in [6, 6.07) is 0. The summed E-state index contributed by atoms with van der Waals surface area (Å²) in [7, 11) is 0. The van der Waals surface area contributed by atoms with Crippen molar-refractivity contribution in [2.75, 3.05) is 6.61 Å². The van der Waals surface area contributed by atoms with E-state index >= 15 is 0 Å². The molecular formula is C12H9N5O5S. The van der Waals surface area contributed by atoms with Crippen molar-refractivity contribution in [2.45, 2.75) is 5.37 Å². The van der Waals surface area contributed by atoms with Gasteiger partial charge in [0.1, 0.15) is 28.8 Å². The second-order valence-electron chi connectivity index (χ2n) is 4.85. The molecule has 4 rings (SSSR count). The number of ether oxygens (including phenoxy) is 1. The number of nitrogens with zero attached hydrogens (tertiary/aromatic N) is 5. The van der Waals surface area contributed by atoms with E-state index in [9.17, 15) is 14.7 Å². The molecule has 0 aliphatic carbocycles. The van der Waals surface area contributed by atoms with Crippen LogP contribution in [0, 0.1) is 5.92 Å². The highest BCUT2D eigenvalue weighted by atomic mass is 32.2. The van der Waals surface area contributed by atoms with Gasteiger partial charge in [0, 0.05) is 6.20 Å². The molecule has 4 aliphatic rings. The molecule has 1 amide bonds. The van der Waals surface area contributed by atoms with Gasteiger partial charge in [0.05, 0.1) is 12.5 Å². The summed E-state index contributed by atoms with van der Waals surface area (Å²) < 4.78 is 6.31. The topological polar surface area (TPSA) is 131 Å². The number of aromatic nitrogens is 4. The number of hydrogen-bond acceptors (Lipinski definition) is 8. The molecule has 0 saturated carbocycles. The van der Waals surface area contributed by atoms with Gasteiger partial charge in [-0.25, -0.2) is 19.7 Å². The van der Waals surface area contributed by atoms with Crippen LogP contribution in [0.1, 0.15) is 0 Å². The Kier molecular flexibility index (Phi) is 2.99. The van der Waals surface area contributed by atoms with Crippen LogP contribution in [0.3, 0.4) is 0 Å². The summed E-state index contributed by atoms with van der Waals surface area (Å²) in [5, 5.41) is 18.2. The number of aliphatic hydroxyl groups excluding tert-OH is 1. The van der Waals surface area contributed by atoms with Gasteiger partial charge in [-0.15, -0.1) is 0 Å². The minimum absolute atomic E-state index is 0.0899. The van der Waals surface area contributed by atoms with Gasteiger partial charge in [-0.3, -0.25) is 14.3 Å². The number of β-lactam (4-membered cyclic amide) rings is 1. The second kappa shape index (κ2) is 4.93. The van der Waals surface area contributed by atoms with Crippen LogP contribution in [0.5, 0.6) is 0 Å². The average molecular weight is 335 g/mol. The molecule has 2 N–H and O–H groups in total. The lowest BCUT2D eigenvalue weighted by atomic mass is 10.00. The Hall–Kier alpha value is -2.66. The molecule has 4 aliphatic heterocycles. The molecule has 11 heteroatoms. The van der Waals surface area contributed by atoms with Crippen LogP contribution >= 0.6 is 11.8 Å². The lowest BCUT2D eigenvalue weighted by molar-refractivity contribution is -0.151. The molecule has 0 bridgehead atoms. The third-order valence-corrected chi connectivity index (χ3v) is 4.96. The predicted octanol–water partition coefficient (Wildman–Crippen LogP) is 0.0797. The van der Waals surface area contributed by atoms with E-state index in [0.29, 0.717) is 16.5 Å². The lowest BCUT2D eigenvalue weighted by Crippen LogP contribution is -2.58. The van der Waals surface area contributed by atoms with E-state index < -0.39 is 17.4 Å². The van der Waals surface area contributed by atoms with Gasteiger partial charge in [0.2, 0.25) is 11.8 Å². The third-order valence-electron chi connectivity index (χ3n) is 3.57. The fraction of sp³-hybridized carbons (Fsp3) is 0.250. The number of hydrogen-bond donors (Lipinski definition) is 2. The Morgan fingerprint density at radius 3 is 2.96 bits per heavy atom.